The first-order valence-electron chi connectivity index (χ1n) is 18.4. The highest BCUT2D eigenvalue weighted by Gasteiger charge is 2.29. The molecule has 3 heterocycles. The van der Waals surface area contributed by atoms with Crippen LogP contribution in [0.25, 0.3) is 66.8 Å². The van der Waals surface area contributed by atoms with E-state index in [1.54, 1.807) is 0 Å². The first-order chi connectivity index (χ1) is 25.8. The molecule has 0 fully saturated rings. The molecule has 4 aliphatic rings. The van der Waals surface area contributed by atoms with Gasteiger partial charge in [0.25, 0.3) is 0 Å². The van der Waals surface area contributed by atoms with Crippen LogP contribution in [-0.2, 0) is 6.42 Å². The molecule has 2 atom stereocenters. The Balaban J connectivity index is 1.23. The summed E-state index contributed by atoms with van der Waals surface area (Å²) in [5.41, 5.74) is 11.9. The highest BCUT2D eigenvalue weighted by molar-refractivity contribution is 6.21. The molecule has 2 aromatic heterocycles. The molecule has 4 nitrogen and oxygen atoms in total. The summed E-state index contributed by atoms with van der Waals surface area (Å²) in [6.45, 7) is 0. The SMILES string of the molecule is C1=CCC(c2ccc(-n3c4cc5c(cc4c4ccc6ccccc6c43)c3c(n5C4=C(c5ccccc5)NC5C=CC=CC5=N4)C=CCC3)cc2)C=C1. The first kappa shape index (κ1) is 29.4. The van der Waals surface area contributed by atoms with E-state index < -0.39 is 0 Å². The standard InChI is InChI=1S/C48H36N4/c1-3-13-31(14-4-1)32-23-26-35(27-24-32)51-44-30-45-39(29-40(44)38-28-25-33-15-7-8-18-36(33)47(38)51)37-19-9-12-22-43(37)52(45)48-46(34-16-5-2-6-17-34)49-41-20-10-11-21-42(41)50-48/h1-8,10-13,15-18,20-31,41,49H,9,14,19H2. The van der Waals surface area contributed by atoms with Crippen LogP contribution < -0.4 is 5.32 Å². The lowest BCUT2D eigenvalue weighted by Crippen LogP contribution is -2.38. The number of aryl methyl sites for hydroxylation is 1. The van der Waals surface area contributed by atoms with Crippen molar-refractivity contribution in [3.8, 4) is 5.69 Å². The molecule has 4 heteroatoms. The van der Waals surface area contributed by atoms with Crippen molar-refractivity contribution in [2.24, 2.45) is 4.99 Å². The van der Waals surface area contributed by atoms with Gasteiger partial charge in [-0.25, -0.2) is 4.99 Å². The number of aliphatic imine (C=N–C) groups is 1. The highest BCUT2D eigenvalue weighted by atomic mass is 15.2. The average Bonchev–Trinajstić information content (AvgIpc) is 3.72. The molecule has 0 saturated carbocycles. The molecule has 5 aromatic carbocycles. The normalized spacial score (nSPS) is 19.1. The summed E-state index contributed by atoms with van der Waals surface area (Å²) in [7, 11) is 0. The second-order valence-electron chi connectivity index (χ2n) is 14.3. The van der Waals surface area contributed by atoms with Gasteiger partial charge in [0.2, 0.25) is 0 Å². The topological polar surface area (TPSA) is 34.2 Å². The van der Waals surface area contributed by atoms with Crippen molar-refractivity contribution in [3.63, 3.8) is 0 Å². The Kier molecular flexibility index (Phi) is 6.53. The van der Waals surface area contributed by atoms with Crippen LogP contribution >= 0.6 is 0 Å². The number of hydrogen-bond donors (Lipinski definition) is 1. The molecule has 52 heavy (non-hydrogen) atoms. The molecule has 0 bridgehead atoms. The first-order valence-corrected chi connectivity index (χ1v) is 18.4. The second-order valence-corrected chi connectivity index (χ2v) is 14.3. The number of nitrogens with zero attached hydrogens (tertiary/aromatic N) is 3. The molecule has 0 saturated heterocycles. The van der Waals surface area contributed by atoms with Gasteiger partial charge in [0.15, 0.2) is 5.82 Å². The summed E-state index contributed by atoms with van der Waals surface area (Å²) in [6, 6.07) is 38.3. The van der Waals surface area contributed by atoms with Crippen molar-refractivity contribution in [1.29, 1.82) is 0 Å². The van der Waals surface area contributed by atoms with Gasteiger partial charge in [-0.2, -0.15) is 0 Å². The molecule has 11 rings (SSSR count). The summed E-state index contributed by atoms with van der Waals surface area (Å²) >= 11 is 0. The maximum atomic E-state index is 5.47. The molecule has 3 aliphatic carbocycles. The van der Waals surface area contributed by atoms with Crippen molar-refractivity contribution in [2.75, 3.05) is 0 Å². The Morgan fingerprint density at radius 2 is 1.50 bits per heavy atom. The Labute approximate surface area is 302 Å². The van der Waals surface area contributed by atoms with E-state index in [2.05, 4.69) is 178 Å². The second kappa shape index (κ2) is 11.6. The molecule has 1 aliphatic heterocycles. The predicted molar refractivity (Wildman–Crippen MR) is 219 cm³/mol. The molecule has 248 valence electrons. The van der Waals surface area contributed by atoms with Crippen LogP contribution in [0, 0.1) is 0 Å². The Morgan fingerprint density at radius 1 is 0.654 bits per heavy atom. The Bertz CT molecular complexity index is 2830. The van der Waals surface area contributed by atoms with Gasteiger partial charge < -0.3 is 9.88 Å². The fourth-order valence-corrected chi connectivity index (χ4v) is 8.83. The summed E-state index contributed by atoms with van der Waals surface area (Å²) in [4.78, 5) is 5.47. The van der Waals surface area contributed by atoms with E-state index in [1.807, 2.05) is 0 Å². The van der Waals surface area contributed by atoms with Crippen LogP contribution in [0.5, 0.6) is 0 Å². The van der Waals surface area contributed by atoms with Gasteiger partial charge in [-0.05, 0) is 72.2 Å². The molecule has 0 amide bonds. The van der Waals surface area contributed by atoms with Gasteiger partial charge >= 0.3 is 0 Å². The number of rotatable bonds is 4. The number of benzene rings is 5. The maximum absolute atomic E-state index is 5.47. The lowest BCUT2D eigenvalue weighted by atomic mass is 9.92. The van der Waals surface area contributed by atoms with Crippen molar-refractivity contribution < 1.29 is 0 Å². The molecule has 0 radical (unpaired) electrons. The zero-order chi connectivity index (χ0) is 34.2. The molecule has 7 aromatic rings. The van der Waals surface area contributed by atoms with E-state index in [9.17, 15) is 0 Å². The fourth-order valence-electron chi connectivity index (χ4n) is 8.83. The molecular weight excluding hydrogens is 633 g/mol. The lowest BCUT2D eigenvalue weighted by Gasteiger charge is -2.29. The van der Waals surface area contributed by atoms with Gasteiger partial charge in [0, 0.05) is 38.7 Å². The van der Waals surface area contributed by atoms with Crippen LogP contribution in [-0.4, -0.2) is 20.9 Å². The number of hydrogen-bond acceptors (Lipinski definition) is 2. The maximum Gasteiger partial charge on any atom is 0.162 e. The molecule has 1 N–H and O–H groups in total. The largest absolute Gasteiger partial charge is 0.370 e. The minimum absolute atomic E-state index is 0.0303. The minimum atomic E-state index is 0.0303. The Hall–Kier alpha value is -6.39. The van der Waals surface area contributed by atoms with E-state index in [0.717, 1.165) is 42.1 Å². The van der Waals surface area contributed by atoms with Crippen LogP contribution in [0.3, 0.4) is 0 Å². The van der Waals surface area contributed by atoms with E-state index >= 15 is 0 Å². The smallest absolute Gasteiger partial charge is 0.162 e. The van der Waals surface area contributed by atoms with E-state index in [-0.39, 0.29) is 6.04 Å². The third-order valence-corrected chi connectivity index (χ3v) is 11.3. The van der Waals surface area contributed by atoms with Crippen molar-refractivity contribution in [3.05, 3.63) is 180 Å². The molecule has 0 spiro atoms. The number of fused-ring (bicyclic) bond motifs is 9. The monoisotopic (exact) mass is 668 g/mol. The number of allylic oxidation sites excluding steroid dienone is 7. The zero-order valence-corrected chi connectivity index (χ0v) is 28.7. The predicted octanol–water partition coefficient (Wildman–Crippen LogP) is 11.3. The summed E-state index contributed by atoms with van der Waals surface area (Å²) in [5.74, 6) is 1.34. The average molecular weight is 669 g/mol. The van der Waals surface area contributed by atoms with Crippen LogP contribution in [0.2, 0.25) is 0 Å². The van der Waals surface area contributed by atoms with Gasteiger partial charge in [-0.15, -0.1) is 0 Å². The van der Waals surface area contributed by atoms with Crippen LogP contribution in [0.1, 0.15) is 41.1 Å². The summed E-state index contributed by atoms with van der Waals surface area (Å²) in [5, 5.41) is 10.2. The lowest BCUT2D eigenvalue weighted by molar-refractivity contribution is 0.853. The molecular formula is C48H36N4. The van der Waals surface area contributed by atoms with Crippen molar-refractivity contribution >= 4 is 66.8 Å². The van der Waals surface area contributed by atoms with Gasteiger partial charge in [-0.3, -0.25) is 4.57 Å². The Morgan fingerprint density at radius 3 is 2.38 bits per heavy atom. The van der Waals surface area contributed by atoms with Crippen molar-refractivity contribution in [1.82, 2.24) is 14.5 Å². The number of aromatic nitrogens is 2. The van der Waals surface area contributed by atoms with Crippen molar-refractivity contribution in [2.45, 2.75) is 31.2 Å². The summed E-state index contributed by atoms with van der Waals surface area (Å²) < 4.78 is 4.93. The zero-order valence-electron chi connectivity index (χ0n) is 28.7. The third kappa shape index (κ3) is 4.44. The van der Waals surface area contributed by atoms with E-state index in [0.29, 0.717) is 5.92 Å². The fraction of sp³-hybridized carbons (Fsp3) is 0.104. The highest BCUT2D eigenvalue weighted by Crippen LogP contribution is 2.43. The quantitative estimate of drug-likeness (QED) is 0.199. The van der Waals surface area contributed by atoms with Crippen LogP contribution in [0.15, 0.2) is 163 Å². The minimum Gasteiger partial charge on any atom is -0.370 e. The van der Waals surface area contributed by atoms with E-state index in [1.165, 1.54) is 66.0 Å². The van der Waals surface area contributed by atoms with Crippen LogP contribution in [0.4, 0.5) is 0 Å². The van der Waals surface area contributed by atoms with Gasteiger partial charge in [0.05, 0.1) is 39.7 Å². The molecule has 2 unspecified atom stereocenters. The van der Waals surface area contributed by atoms with Gasteiger partial charge in [-0.1, -0.05) is 127 Å². The van der Waals surface area contributed by atoms with E-state index in [4.69, 9.17) is 4.99 Å². The third-order valence-electron chi connectivity index (χ3n) is 11.3. The number of nitrogens with one attached hydrogen (secondary N) is 1. The van der Waals surface area contributed by atoms with Gasteiger partial charge in [0.1, 0.15) is 0 Å². The summed E-state index contributed by atoms with van der Waals surface area (Å²) in [6.07, 6.45) is 25.1.